The van der Waals surface area contributed by atoms with Crippen molar-refractivity contribution in [2.24, 2.45) is 5.41 Å². The lowest BCUT2D eigenvalue weighted by Gasteiger charge is -2.31. The maximum atomic E-state index is 13.1. The molecule has 1 aromatic rings. The number of carbonyl (C=O) groups is 2. The number of fused-ring (bicyclic) bond motifs is 1. The second kappa shape index (κ2) is 10.5. The summed E-state index contributed by atoms with van der Waals surface area (Å²) in [5, 5.41) is 2.32. The topological polar surface area (TPSA) is 67.2 Å². The average Bonchev–Trinajstić information content (AvgIpc) is 2.94. The molecule has 162 valence electrons. The number of aromatic nitrogens is 2. The monoisotopic (exact) mass is 406 g/mol. The first kappa shape index (κ1) is 25.9. The van der Waals surface area contributed by atoms with Crippen LogP contribution < -0.4 is 5.32 Å². The molecule has 2 rings (SSSR count). The van der Waals surface area contributed by atoms with E-state index in [9.17, 15) is 22.8 Å². The third-order valence-electron chi connectivity index (χ3n) is 3.59. The zero-order valence-electron chi connectivity index (χ0n) is 18.1. The van der Waals surface area contributed by atoms with Crippen LogP contribution in [0, 0.1) is 5.41 Å². The molecule has 0 aromatic carbocycles. The molecule has 0 bridgehead atoms. The minimum atomic E-state index is -4.62. The van der Waals surface area contributed by atoms with Gasteiger partial charge in [0.2, 0.25) is 17.6 Å². The number of hydrogen-bond donors (Lipinski definition) is 1. The van der Waals surface area contributed by atoms with Gasteiger partial charge in [0, 0.05) is 26.4 Å². The molecule has 1 N–H and O–H groups in total. The van der Waals surface area contributed by atoms with Crippen molar-refractivity contribution in [2.45, 2.75) is 81.1 Å². The Balaban J connectivity index is 0.00000171. The van der Waals surface area contributed by atoms with E-state index in [1.54, 1.807) is 0 Å². The fraction of sp³-hybridized carbons (Fsp3) is 0.737. The number of hydrogen-bond acceptors (Lipinski definition) is 3. The smallest absolute Gasteiger partial charge is 0.335 e. The Labute approximate surface area is 165 Å². The SMILES string of the molecule is CC.CC.CC(=O)Nc1nc(C(F)(F)F)n2c1CN(C(=O)CC(C)(C)C)CC2. The van der Waals surface area contributed by atoms with Gasteiger partial charge in [-0.2, -0.15) is 13.2 Å². The first-order valence-electron chi connectivity index (χ1n) is 9.60. The highest BCUT2D eigenvalue weighted by Gasteiger charge is 2.41. The highest BCUT2D eigenvalue weighted by atomic mass is 19.4. The molecule has 0 fully saturated rings. The largest absolute Gasteiger partial charge is 0.449 e. The predicted octanol–water partition coefficient (Wildman–Crippen LogP) is 4.69. The molecule has 9 heteroatoms. The predicted molar refractivity (Wildman–Crippen MR) is 104 cm³/mol. The molecule has 0 spiro atoms. The van der Waals surface area contributed by atoms with Gasteiger partial charge in [-0.1, -0.05) is 48.5 Å². The fourth-order valence-electron chi connectivity index (χ4n) is 2.63. The number of imidazole rings is 1. The summed E-state index contributed by atoms with van der Waals surface area (Å²) in [6.45, 7) is 15.1. The molecule has 6 nitrogen and oxygen atoms in total. The van der Waals surface area contributed by atoms with Crippen molar-refractivity contribution in [3.63, 3.8) is 0 Å². The number of halogens is 3. The first-order chi connectivity index (χ1) is 12.9. The van der Waals surface area contributed by atoms with Crippen molar-refractivity contribution in [3.8, 4) is 0 Å². The normalized spacial score (nSPS) is 13.5. The van der Waals surface area contributed by atoms with Crippen LogP contribution in [0.1, 0.15) is 73.3 Å². The van der Waals surface area contributed by atoms with Gasteiger partial charge < -0.3 is 14.8 Å². The second-order valence-electron chi connectivity index (χ2n) is 7.11. The Bertz CT molecular complexity index is 661. The van der Waals surface area contributed by atoms with E-state index in [-0.39, 0.29) is 42.5 Å². The van der Waals surface area contributed by atoms with Gasteiger partial charge in [-0.3, -0.25) is 9.59 Å². The molecule has 28 heavy (non-hydrogen) atoms. The van der Waals surface area contributed by atoms with Gasteiger partial charge in [-0.15, -0.1) is 0 Å². The Morgan fingerprint density at radius 1 is 1.07 bits per heavy atom. The number of amides is 2. The van der Waals surface area contributed by atoms with Crippen LogP contribution >= 0.6 is 0 Å². The minimum absolute atomic E-state index is 0.00634. The molecular formula is C19H33F3N4O2. The zero-order chi connectivity index (χ0) is 22.3. The van der Waals surface area contributed by atoms with Gasteiger partial charge in [0.05, 0.1) is 12.2 Å². The van der Waals surface area contributed by atoms with E-state index in [1.807, 2.05) is 48.5 Å². The molecule has 0 saturated heterocycles. The van der Waals surface area contributed by atoms with Gasteiger partial charge >= 0.3 is 6.18 Å². The summed E-state index contributed by atoms with van der Waals surface area (Å²) in [5.74, 6) is -1.83. The fourth-order valence-corrected chi connectivity index (χ4v) is 2.63. The number of nitrogens with one attached hydrogen (secondary N) is 1. The Kier molecular flexibility index (Phi) is 9.70. The molecule has 0 aliphatic carbocycles. The molecule has 0 saturated carbocycles. The summed E-state index contributed by atoms with van der Waals surface area (Å²) in [4.78, 5) is 28.6. The number of nitrogens with zero attached hydrogens (tertiary/aromatic N) is 3. The number of alkyl halides is 3. The maximum Gasteiger partial charge on any atom is 0.449 e. The zero-order valence-corrected chi connectivity index (χ0v) is 18.1. The highest BCUT2D eigenvalue weighted by molar-refractivity contribution is 5.88. The Hall–Kier alpha value is -2.06. The van der Waals surface area contributed by atoms with E-state index in [0.717, 1.165) is 4.57 Å². The Morgan fingerprint density at radius 3 is 2.04 bits per heavy atom. The van der Waals surface area contributed by atoms with Crippen molar-refractivity contribution >= 4 is 17.6 Å². The molecule has 2 heterocycles. The third-order valence-corrected chi connectivity index (χ3v) is 3.59. The van der Waals surface area contributed by atoms with Crippen LogP contribution in [0.5, 0.6) is 0 Å². The lowest BCUT2D eigenvalue weighted by atomic mass is 9.91. The molecule has 1 aliphatic heterocycles. The van der Waals surface area contributed by atoms with Crippen molar-refractivity contribution in [3.05, 3.63) is 11.5 Å². The van der Waals surface area contributed by atoms with Gasteiger partial charge in [-0.05, 0) is 5.41 Å². The van der Waals surface area contributed by atoms with E-state index in [0.29, 0.717) is 6.42 Å². The second-order valence-corrected chi connectivity index (χ2v) is 7.11. The quantitative estimate of drug-likeness (QED) is 0.775. The summed E-state index contributed by atoms with van der Waals surface area (Å²) in [5.41, 5.74) is -0.0159. The summed E-state index contributed by atoms with van der Waals surface area (Å²) < 4.78 is 40.4. The van der Waals surface area contributed by atoms with Crippen LogP contribution in [0.15, 0.2) is 0 Å². The van der Waals surface area contributed by atoms with Gasteiger partial charge in [0.15, 0.2) is 5.82 Å². The number of anilines is 1. The van der Waals surface area contributed by atoms with Gasteiger partial charge in [-0.25, -0.2) is 4.98 Å². The lowest BCUT2D eigenvalue weighted by Crippen LogP contribution is -2.40. The van der Waals surface area contributed by atoms with Crippen LogP contribution in [0.4, 0.5) is 19.0 Å². The van der Waals surface area contributed by atoms with Crippen molar-refractivity contribution in [1.82, 2.24) is 14.5 Å². The molecule has 0 atom stereocenters. The van der Waals surface area contributed by atoms with Crippen LogP contribution in [0.25, 0.3) is 0 Å². The van der Waals surface area contributed by atoms with E-state index in [2.05, 4.69) is 10.3 Å². The Morgan fingerprint density at radius 2 is 1.61 bits per heavy atom. The molecule has 1 aliphatic rings. The summed E-state index contributed by atoms with van der Waals surface area (Å²) in [6, 6.07) is 0. The van der Waals surface area contributed by atoms with Crippen LogP contribution in [0.3, 0.4) is 0 Å². The average molecular weight is 406 g/mol. The van der Waals surface area contributed by atoms with Crippen LogP contribution in [0.2, 0.25) is 0 Å². The van der Waals surface area contributed by atoms with Crippen molar-refractivity contribution < 1.29 is 22.8 Å². The number of rotatable bonds is 2. The highest BCUT2D eigenvalue weighted by Crippen LogP contribution is 2.34. The molecular weight excluding hydrogens is 373 g/mol. The van der Waals surface area contributed by atoms with Crippen LogP contribution in [-0.4, -0.2) is 32.8 Å². The third kappa shape index (κ3) is 7.16. The van der Waals surface area contributed by atoms with Gasteiger partial charge in [0.1, 0.15) is 0 Å². The van der Waals surface area contributed by atoms with E-state index < -0.39 is 17.9 Å². The van der Waals surface area contributed by atoms with Crippen molar-refractivity contribution in [1.29, 1.82) is 0 Å². The standard InChI is InChI=1S/C15H21F3N4O2.2C2H6/c1-9(23)19-12-10-8-21(11(24)7-14(2,3)4)5-6-22(10)13(20-12)15(16,17)18;2*1-2/h5-8H2,1-4H3,(H,19,23);2*1-2H3. The van der Waals surface area contributed by atoms with Gasteiger partial charge in [0.25, 0.3) is 0 Å². The summed E-state index contributed by atoms with van der Waals surface area (Å²) in [7, 11) is 0. The van der Waals surface area contributed by atoms with Crippen molar-refractivity contribution in [2.75, 3.05) is 11.9 Å². The lowest BCUT2D eigenvalue weighted by molar-refractivity contribution is -0.148. The van der Waals surface area contributed by atoms with E-state index in [4.69, 9.17) is 0 Å². The molecule has 0 radical (unpaired) electrons. The van der Waals surface area contributed by atoms with E-state index >= 15 is 0 Å². The van der Waals surface area contributed by atoms with Crippen LogP contribution in [-0.2, 0) is 28.9 Å². The number of carbonyl (C=O) groups excluding carboxylic acids is 2. The molecule has 0 unspecified atom stereocenters. The first-order valence-corrected chi connectivity index (χ1v) is 9.60. The molecule has 2 amide bonds. The summed E-state index contributed by atoms with van der Waals surface area (Å²) >= 11 is 0. The summed E-state index contributed by atoms with van der Waals surface area (Å²) in [6.07, 6.45) is -4.33. The molecule has 1 aromatic heterocycles. The maximum absolute atomic E-state index is 13.1. The minimum Gasteiger partial charge on any atom is -0.335 e. The van der Waals surface area contributed by atoms with E-state index in [1.165, 1.54) is 11.8 Å².